The topological polar surface area (TPSA) is 96.7 Å². The highest BCUT2D eigenvalue weighted by Gasteiger charge is 2.08. The number of carbonyl (C=O) groups excluding carboxylic acids is 1. The molecule has 0 spiro atoms. The van der Waals surface area contributed by atoms with Gasteiger partial charge in [-0.05, 0) is 0 Å². The van der Waals surface area contributed by atoms with Gasteiger partial charge >= 0.3 is 6.03 Å². The molecule has 1 rings (SSSR count). The first-order valence-electron chi connectivity index (χ1n) is 3.13. The number of nitrogens with zero attached hydrogens (tertiary/aromatic N) is 3. The first kappa shape index (κ1) is 8.07. The molecule has 1 heterocycles. The van der Waals surface area contributed by atoms with Crippen LogP contribution < -0.4 is 11.1 Å². The number of hydrogen-bond donors (Lipinski definition) is 2. The predicted octanol–water partition coefficient (Wildman–Crippen LogP) is -0.218. The summed E-state index contributed by atoms with van der Waals surface area (Å²) in [7, 11) is 1.65. The minimum Gasteiger partial charge on any atom is -0.351 e. The van der Waals surface area contributed by atoms with Crippen LogP contribution in [0.5, 0.6) is 0 Å². The summed E-state index contributed by atoms with van der Waals surface area (Å²) in [4.78, 5) is 14.2. The molecule has 0 aliphatic rings. The van der Waals surface area contributed by atoms with Gasteiger partial charge < -0.3 is 10.3 Å². The minimum absolute atomic E-state index is 0.188. The quantitative estimate of drug-likeness (QED) is 0.602. The number of aromatic nitrogens is 2. The second-order valence-corrected chi connectivity index (χ2v) is 2.15. The van der Waals surface area contributed by atoms with Crippen molar-refractivity contribution in [2.75, 3.05) is 5.32 Å². The second kappa shape index (κ2) is 2.92. The number of rotatable bonds is 1. The molecule has 0 bridgehead atoms. The average Bonchev–Trinajstić information content (AvgIpc) is 2.30. The Bertz CT molecular complexity index is 347. The molecule has 6 heteroatoms. The third-order valence-electron chi connectivity index (χ3n) is 1.28. The monoisotopic (exact) mass is 165 g/mol. The van der Waals surface area contributed by atoms with Crippen LogP contribution in [0, 0.1) is 11.3 Å². The Balaban J connectivity index is 3.01. The van der Waals surface area contributed by atoms with E-state index >= 15 is 0 Å². The molecule has 62 valence electrons. The van der Waals surface area contributed by atoms with Crippen molar-refractivity contribution in [2.45, 2.75) is 0 Å². The van der Waals surface area contributed by atoms with Crippen LogP contribution in [0.1, 0.15) is 5.69 Å². The van der Waals surface area contributed by atoms with Gasteiger partial charge in [0.15, 0.2) is 11.5 Å². The summed E-state index contributed by atoms with van der Waals surface area (Å²) in [6.45, 7) is 0. The molecule has 0 radical (unpaired) electrons. The Morgan fingerprint density at radius 1 is 1.92 bits per heavy atom. The second-order valence-electron chi connectivity index (χ2n) is 2.15. The molecule has 0 saturated carbocycles. The Kier molecular flexibility index (Phi) is 1.96. The van der Waals surface area contributed by atoms with Crippen molar-refractivity contribution in [2.24, 2.45) is 12.8 Å². The molecule has 3 N–H and O–H groups in total. The molecule has 1 aromatic rings. The molecule has 6 nitrogen and oxygen atoms in total. The summed E-state index contributed by atoms with van der Waals surface area (Å²) in [5.41, 5.74) is 5.12. The van der Waals surface area contributed by atoms with E-state index in [0.717, 1.165) is 0 Å². The van der Waals surface area contributed by atoms with Crippen LogP contribution in [0.25, 0.3) is 0 Å². The highest BCUT2D eigenvalue weighted by molar-refractivity contribution is 5.87. The lowest BCUT2D eigenvalue weighted by molar-refractivity contribution is 0.259. The van der Waals surface area contributed by atoms with Crippen molar-refractivity contribution in [1.82, 2.24) is 9.55 Å². The minimum atomic E-state index is -0.731. The Morgan fingerprint density at radius 2 is 2.58 bits per heavy atom. The van der Waals surface area contributed by atoms with Crippen LogP contribution in [0.3, 0.4) is 0 Å². The molecular weight excluding hydrogens is 158 g/mol. The number of anilines is 1. The normalized spacial score (nSPS) is 9.00. The maximum atomic E-state index is 10.4. The number of imidazole rings is 1. The number of nitrogens with two attached hydrogens (primary N) is 1. The third-order valence-corrected chi connectivity index (χ3v) is 1.28. The Hall–Kier alpha value is -2.03. The predicted molar refractivity (Wildman–Crippen MR) is 41.1 cm³/mol. The molecule has 1 aromatic heterocycles. The fourth-order valence-electron chi connectivity index (χ4n) is 0.770. The maximum absolute atomic E-state index is 10.4. The van der Waals surface area contributed by atoms with Crippen molar-refractivity contribution in [3.63, 3.8) is 0 Å². The molecule has 0 fully saturated rings. The summed E-state index contributed by atoms with van der Waals surface area (Å²) in [6, 6.07) is 1.15. The Labute approximate surface area is 68.6 Å². The smallest absolute Gasteiger partial charge is 0.317 e. The zero-order valence-electron chi connectivity index (χ0n) is 6.40. The summed E-state index contributed by atoms with van der Waals surface area (Å²) in [6.07, 6.45) is 1.42. The molecule has 12 heavy (non-hydrogen) atoms. The van der Waals surface area contributed by atoms with Gasteiger partial charge in [-0.15, -0.1) is 0 Å². The van der Waals surface area contributed by atoms with E-state index in [1.807, 2.05) is 6.07 Å². The number of urea groups is 1. The molecule has 0 unspecified atom stereocenters. The molecule has 0 atom stereocenters. The van der Waals surface area contributed by atoms with Crippen molar-refractivity contribution in [3.05, 3.63) is 12.0 Å². The van der Waals surface area contributed by atoms with Gasteiger partial charge in [0.05, 0.1) is 6.33 Å². The molecule has 0 saturated heterocycles. The lowest BCUT2D eigenvalue weighted by atomic mass is 10.4. The van der Waals surface area contributed by atoms with E-state index in [1.165, 1.54) is 10.9 Å². The number of nitriles is 1. The Morgan fingerprint density at radius 3 is 3.08 bits per heavy atom. The van der Waals surface area contributed by atoms with Gasteiger partial charge in [0.2, 0.25) is 0 Å². The van der Waals surface area contributed by atoms with E-state index in [-0.39, 0.29) is 11.5 Å². The summed E-state index contributed by atoms with van der Waals surface area (Å²) in [5.74, 6) is 0.188. The van der Waals surface area contributed by atoms with E-state index in [0.29, 0.717) is 0 Å². The number of primary amides is 1. The van der Waals surface area contributed by atoms with Gasteiger partial charge in [-0.3, -0.25) is 5.32 Å². The largest absolute Gasteiger partial charge is 0.351 e. The average molecular weight is 165 g/mol. The van der Waals surface area contributed by atoms with Gasteiger partial charge in [-0.2, -0.15) is 5.26 Å². The number of carbonyl (C=O) groups is 1. The molecular formula is C6H7N5O. The summed E-state index contributed by atoms with van der Waals surface area (Å²) >= 11 is 0. The number of amides is 2. The van der Waals surface area contributed by atoms with E-state index in [9.17, 15) is 4.79 Å². The van der Waals surface area contributed by atoms with Gasteiger partial charge in [-0.25, -0.2) is 9.78 Å². The standard InChI is InChI=1S/C6H7N5O/c1-11-3-9-5(4(11)2-7)10-6(8)12/h3H,1H3,(H3,8,10,12). The van der Waals surface area contributed by atoms with Crippen LogP contribution in [-0.2, 0) is 7.05 Å². The number of nitrogens with one attached hydrogen (secondary N) is 1. The van der Waals surface area contributed by atoms with Crippen molar-refractivity contribution < 1.29 is 4.79 Å². The molecule has 0 aliphatic carbocycles. The van der Waals surface area contributed by atoms with Gasteiger partial charge in [0, 0.05) is 7.05 Å². The molecule has 0 aliphatic heterocycles. The third kappa shape index (κ3) is 1.34. The van der Waals surface area contributed by atoms with E-state index in [1.54, 1.807) is 7.05 Å². The van der Waals surface area contributed by atoms with Crippen LogP contribution in [0.2, 0.25) is 0 Å². The van der Waals surface area contributed by atoms with Gasteiger partial charge in [0.1, 0.15) is 6.07 Å². The van der Waals surface area contributed by atoms with Crippen LogP contribution in [0.4, 0.5) is 10.6 Å². The fraction of sp³-hybridized carbons (Fsp3) is 0.167. The maximum Gasteiger partial charge on any atom is 0.317 e. The highest BCUT2D eigenvalue weighted by atomic mass is 16.2. The first-order chi connectivity index (χ1) is 5.65. The van der Waals surface area contributed by atoms with Crippen LogP contribution in [0.15, 0.2) is 6.33 Å². The van der Waals surface area contributed by atoms with Crippen molar-refractivity contribution >= 4 is 11.8 Å². The fourth-order valence-corrected chi connectivity index (χ4v) is 0.770. The lowest BCUT2D eigenvalue weighted by Gasteiger charge is -1.96. The van der Waals surface area contributed by atoms with Crippen molar-refractivity contribution in [3.8, 4) is 6.07 Å². The first-order valence-corrected chi connectivity index (χ1v) is 3.13. The van der Waals surface area contributed by atoms with Gasteiger partial charge in [0.25, 0.3) is 0 Å². The van der Waals surface area contributed by atoms with Crippen LogP contribution >= 0.6 is 0 Å². The summed E-state index contributed by atoms with van der Waals surface area (Å²) < 4.78 is 1.49. The van der Waals surface area contributed by atoms with Gasteiger partial charge in [-0.1, -0.05) is 0 Å². The van der Waals surface area contributed by atoms with Crippen LogP contribution in [-0.4, -0.2) is 15.6 Å². The number of hydrogen-bond acceptors (Lipinski definition) is 3. The van der Waals surface area contributed by atoms with E-state index in [4.69, 9.17) is 11.0 Å². The molecule has 2 amide bonds. The lowest BCUT2D eigenvalue weighted by Crippen LogP contribution is -2.20. The van der Waals surface area contributed by atoms with E-state index < -0.39 is 6.03 Å². The van der Waals surface area contributed by atoms with E-state index in [2.05, 4.69) is 10.3 Å². The highest BCUT2D eigenvalue weighted by Crippen LogP contribution is 2.09. The summed E-state index contributed by atoms with van der Waals surface area (Å²) in [5, 5.41) is 10.8. The molecule has 0 aromatic carbocycles. The SMILES string of the molecule is Cn1cnc(NC(N)=O)c1C#N. The number of aryl methyl sites for hydroxylation is 1. The van der Waals surface area contributed by atoms with Crippen molar-refractivity contribution in [1.29, 1.82) is 5.26 Å². The zero-order chi connectivity index (χ0) is 9.14. The zero-order valence-corrected chi connectivity index (χ0v) is 6.40.